The maximum Gasteiger partial charge on any atom is 0.163 e. The molecule has 28 heavy (non-hydrogen) atoms. The highest BCUT2D eigenvalue weighted by molar-refractivity contribution is 9.10. The lowest BCUT2D eigenvalue weighted by Gasteiger charge is -2.19. The average molecular weight is 439 g/mol. The maximum absolute atomic E-state index is 9.90. The first kappa shape index (κ1) is 16.9. The summed E-state index contributed by atoms with van der Waals surface area (Å²) in [4.78, 5) is 8.96. The molecule has 1 aliphatic rings. The van der Waals surface area contributed by atoms with E-state index in [1.807, 2.05) is 34.9 Å². The minimum atomic E-state index is 0.180. The number of hydrogen-bond donors (Lipinski definition) is 2. The number of ether oxygens (including phenoxy) is 2. The lowest BCUT2D eigenvalue weighted by Crippen LogP contribution is -2.15. The molecule has 0 amide bonds. The topological polar surface area (TPSA) is 80.9 Å². The van der Waals surface area contributed by atoms with Gasteiger partial charge in [-0.15, -0.1) is 0 Å². The molecule has 4 aromatic rings. The third-order valence-electron chi connectivity index (χ3n) is 4.40. The second-order valence-corrected chi connectivity index (χ2v) is 7.09. The fourth-order valence-electron chi connectivity index (χ4n) is 3.16. The molecule has 0 atom stereocenters. The first-order chi connectivity index (χ1) is 13.7. The summed E-state index contributed by atoms with van der Waals surface area (Å²) in [5, 5.41) is 13.3. The number of nitrogens with zero attached hydrogens (tertiary/aromatic N) is 3. The van der Waals surface area contributed by atoms with Gasteiger partial charge in [-0.25, -0.2) is 9.97 Å². The third-order valence-corrected chi connectivity index (χ3v) is 4.81. The molecule has 7 nitrogen and oxygen atoms in total. The summed E-state index contributed by atoms with van der Waals surface area (Å²) in [6.45, 7) is 1.08. The van der Waals surface area contributed by atoms with Crippen LogP contribution in [0.2, 0.25) is 0 Å². The van der Waals surface area contributed by atoms with Crippen molar-refractivity contribution in [3.63, 3.8) is 0 Å². The first-order valence-electron chi connectivity index (χ1n) is 8.67. The normalized spacial score (nSPS) is 12.9. The van der Waals surface area contributed by atoms with E-state index in [-0.39, 0.29) is 5.75 Å². The molecule has 5 rings (SSSR count). The molecular weight excluding hydrogens is 424 g/mol. The minimum absolute atomic E-state index is 0.180. The van der Waals surface area contributed by atoms with Crippen molar-refractivity contribution in [3.05, 3.63) is 59.5 Å². The van der Waals surface area contributed by atoms with E-state index in [4.69, 9.17) is 14.5 Å². The molecule has 0 bridgehead atoms. The molecule has 8 heteroatoms. The van der Waals surface area contributed by atoms with Gasteiger partial charge in [0.2, 0.25) is 0 Å². The van der Waals surface area contributed by atoms with Crippen LogP contribution in [0, 0.1) is 0 Å². The van der Waals surface area contributed by atoms with Crippen molar-refractivity contribution in [2.75, 3.05) is 18.5 Å². The number of imidazole rings is 1. The van der Waals surface area contributed by atoms with Crippen LogP contribution in [0.4, 0.5) is 11.5 Å². The molecule has 0 fully saturated rings. The van der Waals surface area contributed by atoms with Crippen LogP contribution in [0.15, 0.2) is 59.5 Å². The van der Waals surface area contributed by atoms with Crippen molar-refractivity contribution in [1.29, 1.82) is 0 Å². The smallest absolute Gasteiger partial charge is 0.163 e. The van der Waals surface area contributed by atoms with E-state index in [1.165, 1.54) is 0 Å². The molecule has 0 radical (unpaired) electrons. The van der Waals surface area contributed by atoms with Crippen LogP contribution in [0.25, 0.3) is 16.9 Å². The summed E-state index contributed by atoms with van der Waals surface area (Å²) in [6, 6.07) is 12.7. The summed E-state index contributed by atoms with van der Waals surface area (Å²) in [7, 11) is 0. The monoisotopic (exact) mass is 438 g/mol. The van der Waals surface area contributed by atoms with Crippen molar-refractivity contribution >= 4 is 33.1 Å². The number of phenols is 1. The molecule has 0 saturated carbocycles. The molecule has 2 aromatic carbocycles. The Morgan fingerprint density at radius 2 is 1.93 bits per heavy atom. The van der Waals surface area contributed by atoms with E-state index < -0.39 is 0 Å². The number of aromatic nitrogens is 3. The number of phenolic OH excluding ortho intramolecular Hbond substituents is 1. The summed E-state index contributed by atoms with van der Waals surface area (Å²) in [5.41, 5.74) is 3.01. The number of benzene rings is 2. The highest BCUT2D eigenvalue weighted by Crippen LogP contribution is 2.36. The van der Waals surface area contributed by atoms with Gasteiger partial charge in [-0.2, -0.15) is 0 Å². The van der Waals surface area contributed by atoms with Gasteiger partial charge in [-0.1, -0.05) is 12.1 Å². The van der Waals surface area contributed by atoms with E-state index in [0.29, 0.717) is 34.9 Å². The van der Waals surface area contributed by atoms with Gasteiger partial charge < -0.3 is 19.9 Å². The molecule has 2 N–H and O–H groups in total. The summed E-state index contributed by atoms with van der Waals surface area (Å²) in [6.07, 6.45) is 3.53. The van der Waals surface area contributed by atoms with Gasteiger partial charge in [0, 0.05) is 23.5 Å². The molecule has 0 saturated heterocycles. The van der Waals surface area contributed by atoms with Crippen LogP contribution in [0.5, 0.6) is 17.2 Å². The minimum Gasteiger partial charge on any atom is -0.508 e. The van der Waals surface area contributed by atoms with Crippen LogP contribution >= 0.6 is 15.9 Å². The second-order valence-electron chi connectivity index (χ2n) is 6.28. The second kappa shape index (κ2) is 6.72. The van der Waals surface area contributed by atoms with Gasteiger partial charge in [-0.3, -0.25) is 4.40 Å². The van der Waals surface area contributed by atoms with Gasteiger partial charge in [0.15, 0.2) is 17.1 Å². The summed E-state index contributed by atoms with van der Waals surface area (Å²) in [5.74, 6) is 2.36. The third kappa shape index (κ3) is 3.01. The molecule has 0 unspecified atom stereocenters. The van der Waals surface area contributed by atoms with Crippen molar-refractivity contribution in [1.82, 2.24) is 14.4 Å². The number of fused-ring (bicyclic) bond motifs is 2. The van der Waals surface area contributed by atoms with Gasteiger partial charge in [0.25, 0.3) is 0 Å². The standard InChI is InChI=1S/C20H15BrN4O3/c21-17-11-25-18(10-22-17)24-19(12-2-1-3-14(26)8-12)20(25)23-13-4-5-15-16(9-13)28-7-6-27-15/h1-5,8-11,23,26H,6-7H2. The SMILES string of the molecule is Oc1cccc(-c2nc3cnc(Br)cn3c2Nc2ccc3c(c2)OCCO3)c1. The number of halogens is 1. The van der Waals surface area contributed by atoms with Crippen molar-refractivity contribution in [2.24, 2.45) is 0 Å². The number of hydrogen-bond acceptors (Lipinski definition) is 6. The van der Waals surface area contributed by atoms with Crippen molar-refractivity contribution < 1.29 is 14.6 Å². The van der Waals surface area contributed by atoms with Crippen LogP contribution < -0.4 is 14.8 Å². The molecule has 3 heterocycles. The quantitative estimate of drug-likeness (QED) is 0.493. The molecular formula is C20H15BrN4O3. The molecule has 0 aliphatic carbocycles. The highest BCUT2D eigenvalue weighted by atomic mass is 79.9. The Hall–Kier alpha value is -3.26. The maximum atomic E-state index is 9.90. The number of aromatic hydroxyl groups is 1. The van der Waals surface area contributed by atoms with E-state index in [2.05, 4.69) is 26.2 Å². The van der Waals surface area contributed by atoms with Gasteiger partial charge in [0.1, 0.15) is 35.1 Å². The van der Waals surface area contributed by atoms with Gasteiger partial charge >= 0.3 is 0 Å². The van der Waals surface area contributed by atoms with Gasteiger partial charge in [-0.05, 0) is 40.2 Å². The Morgan fingerprint density at radius 1 is 1.07 bits per heavy atom. The van der Waals surface area contributed by atoms with E-state index in [0.717, 1.165) is 22.8 Å². The molecule has 1 aliphatic heterocycles. The fourth-order valence-corrected chi connectivity index (χ4v) is 3.47. The predicted octanol–water partition coefficient (Wildman–Crippen LogP) is 4.38. The summed E-state index contributed by atoms with van der Waals surface area (Å²) >= 11 is 3.41. The van der Waals surface area contributed by atoms with Crippen molar-refractivity contribution in [3.8, 4) is 28.5 Å². The Bertz CT molecular complexity index is 1190. The Labute approximate surface area is 168 Å². The lowest BCUT2D eigenvalue weighted by atomic mass is 10.1. The number of nitrogens with one attached hydrogen (secondary N) is 1. The largest absolute Gasteiger partial charge is 0.508 e. The van der Waals surface area contributed by atoms with Crippen LogP contribution in [-0.4, -0.2) is 32.7 Å². The molecule has 0 spiro atoms. The Balaban J connectivity index is 1.65. The Kier molecular flexibility index (Phi) is 4.05. The zero-order valence-corrected chi connectivity index (χ0v) is 16.2. The fraction of sp³-hybridized carbons (Fsp3) is 0.100. The summed E-state index contributed by atoms with van der Waals surface area (Å²) < 4.78 is 13.9. The predicted molar refractivity (Wildman–Crippen MR) is 109 cm³/mol. The highest BCUT2D eigenvalue weighted by Gasteiger charge is 2.17. The zero-order chi connectivity index (χ0) is 19.1. The lowest BCUT2D eigenvalue weighted by molar-refractivity contribution is 0.171. The van der Waals surface area contributed by atoms with Crippen LogP contribution in [0.1, 0.15) is 0 Å². The zero-order valence-electron chi connectivity index (χ0n) is 14.6. The van der Waals surface area contributed by atoms with E-state index >= 15 is 0 Å². The first-order valence-corrected chi connectivity index (χ1v) is 9.46. The van der Waals surface area contributed by atoms with E-state index in [9.17, 15) is 5.11 Å². The number of rotatable bonds is 3. The van der Waals surface area contributed by atoms with Gasteiger partial charge in [0.05, 0.1) is 6.20 Å². The van der Waals surface area contributed by atoms with E-state index in [1.54, 1.807) is 24.4 Å². The average Bonchev–Trinajstić information content (AvgIpc) is 3.05. The van der Waals surface area contributed by atoms with Crippen LogP contribution in [-0.2, 0) is 0 Å². The van der Waals surface area contributed by atoms with Crippen molar-refractivity contribution in [2.45, 2.75) is 0 Å². The Morgan fingerprint density at radius 3 is 2.79 bits per heavy atom. The molecule has 2 aromatic heterocycles. The van der Waals surface area contributed by atoms with Crippen LogP contribution in [0.3, 0.4) is 0 Å². The number of anilines is 2. The molecule has 140 valence electrons.